The topological polar surface area (TPSA) is 153 Å². The van der Waals surface area contributed by atoms with Crippen LogP contribution in [0.3, 0.4) is 0 Å². The number of nitrogens with zero attached hydrogens (tertiary/aromatic N) is 2. The Morgan fingerprint density at radius 2 is 1.75 bits per heavy atom. The van der Waals surface area contributed by atoms with E-state index in [0.29, 0.717) is 23.6 Å². The number of carboxylic acids is 1. The van der Waals surface area contributed by atoms with Gasteiger partial charge in [-0.05, 0) is 42.9 Å². The number of fused-ring (bicyclic) bond motifs is 1. The van der Waals surface area contributed by atoms with Crippen molar-refractivity contribution in [2.24, 2.45) is 0 Å². The number of hydrogen-bond donors (Lipinski definition) is 3. The molecule has 0 saturated carbocycles. The van der Waals surface area contributed by atoms with Crippen molar-refractivity contribution in [3.05, 3.63) is 70.7 Å². The molecule has 2 fully saturated rings. The number of carbonyl (C=O) groups is 6. The third kappa shape index (κ3) is 8.82. The number of thioether (sulfide) groups is 1. The molecule has 11 nitrogen and oxygen atoms in total. The first-order valence-corrected chi connectivity index (χ1v) is 16.0. The highest BCUT2D eigenvalue weighted by molar-refractivity contribution is 7.99. The molecule has 1 unspecified atom stereocenters. The number of carboxylic acid groups (broad SMARTS) is 1. The third-order valence-electron chi connectivity index (χ3n) is 7.53. The summed E-state index contributed by atoms with van der Waals surface area (Å²) in [5.41, 5.74) is 1.79. The van der Waals surface area contributed by atoms with Gasteiger partial charge in [-0.2, -0.15) is 0 Å². The van der Waals surface area contributed by atoms with Crippen LogP contribution in [0.5, 0.6) is 0 Å². The van der Waals surface area contributed by atoms with Gasteiger partial charge in [0, 0.05) is 30.2 Å². The number of hydrazine groups is 1. The quantitative estimate of drug-likeness (QED) is 0.302. The van der Waals surface area contributed by atoms with Crippen LogP contribution in [-0.4, -0.2) is 80.9 Å². The van der Waals surface area contributed by atoms with Crippen molar-refractivity contribution in [1.82, 2.24) is 20.7 Å². The fourth-order valence-electron chi connectivity index (χ4n) is 5.24. The highest BCUT2D eigenvalue weighted by atomic mass is 35.5. The molecule has 13 heteroatoms. The van der Waals surface area contributed by atoms with E-state index in [9.17, 15) is 33.9 Å². The maximum Gasteiger partial charge on any atom is 0.305 e. The summed E-state index contributed by atoms with van der Waals surface area (Å²) in [6.45, 7) is 0.221. The monoisotopic (exact) mass is 642 g/mol. The second kappa shape index (κ2) is 15.7. The number of carbonyl (C=O) groups excluding carboxylic acids is 5. The van der Waals surface area contributed by atoms with Crippen LogP contribution in [0.25, 0.3) is 0 Å². The van der Waals surface area contributed by atoms with Crippen LogP contribution in [0, 0.1) is 0 Å². The Hall–Kier alpha value is -3.90. The van der Waals surface area contributed by atoms with Crippen LogP contribution in [0.1, 0.15) is 49.7 Å². The minimum atomic E-state index is -1.33. The summed E-state index contributed by atoms with van der Waals surface area (Å²) < 4.78 is 0. The highest BCUT2D eigenvalue weighted by Gasteiger charge is 2.45. The summed E-state index contributed by atoms with van der Waals surface area (Å²) >= 11 is 7.42. The molecule has 4 amide bonds. The second-order valence-corrected chi connectivity index (χ2v) is 12.1. The van der Waals surface area contributed by atoms with Crippen molar-refractivity contribution in [1.29, 1.82) is 0 Å². The summed E-state index contributed by atoms with van der Waals surface area (Å²) in [6, 6.07) is 13.1. The number of rotatable bonds is 13. The molecular weight excluding hydrogens is 608 g/mol. The van der Waals surface area contributed by atoms with E-state index in [4.69, 9.17) is 11.6 Å². The number of aryl methyl sites for hydroxylation is 1. The van der Waals surface area contributed by atoms with Gasteiger partial charge in [-0.1, -0.05) is 60.1 Å². The molecule has 0 radical (unpaired) electrons. The predicted molar refractivity (Wildman–Crippen MR) is 164 cm³/mol. The van der Waals surface area contributed by atoms with Gasteiger partial charge in [-0.3, -0.25) is 33.8 Å². The molecule has 3 atom stereocenters. The number of ketones is 1. The number of aliphatic carboxylic acids is 1. The Kier molecular flexibility index (Phi) is 11.8. The average Bonchev–Trinajstić information content (AvgIpc) is 3.13. The number of nitrogens with one attached hydrogen (secondary N) is 2. The SMILES string of the molecule is O=C(O)C[C@H](NC(=O)[C@@H]1CCCN2C(=O)CCC(NC(=O)CCc3ccccc3)C(=O)N12)C(=O)CSCc1ccccc1Cl. The maximum absolute atomic E-state index is 13.7. The standard InChI is InChI=1S/C31H35ClN4O7S/c32-22-10-5-4-9-21(22)18-44-19-26(37)24(17-29(40)41)34-30(42)25-11-6-16-35-28(39)15-13-23(31(43)36(25)35)33-27(38)14-12-20-7-2-1-3-8-20/h1-5,7-10,23-25H,6,11-19H2,(H,33,38)(H,34,42)(H,40,41)/t23?,24-,25-/m0/s1. The Labute approximate surface area is 264 Å². The van der Waals surface area contributed by atoms with E-state index in [0.717, 1.165) is 16.1 Å². The lowest BCUT2D eigenvalue weighted by Gasteiger charge is -2.43. The summed E-state index contributed by atoms with van der Waals surface area (Å²) in [7, 11) is 0. The van der Waals surface area contributed by atoms with E-state index in [1.807, 2.05) is 42.5 Å². The number of amides is 4. The lowest BCUT2D eigenvalue weighted by molar-refractivity contribution is -0.176. The lowest BCUT2D eigenvalue weighted by Crippen LogP contribution is -2.64. The van der Waals surface area contributed by atoms with E-state index in [-0.39, 0.29) is 49.8 Å². The first kappa shape index (κ1) is 33.0. The van der Waals surface area contributed by atoms with E-state index >= 15 is 0 Å². The molecule has 2 saturated heterocycles. The van der Waals surface area contributed by atoms with E-state index < -0.39 is 48.1 Å². The summed E-state index contributed by atoms with van der Waals surface area (Å²) in [4.78, 5) is 77.6. The molecule has 2 aliphatic heterocycles. The van der Waals surface area contributed by atoms with Gasteiger partial charge in [0.1, 0.15) is 12.1 Å². The first-order chi connectivity index (χ1) is 21.1. The summed E-state index contributed by atoms with van der Waals surface area (Å²) in [6.07, 6.45) is 0.687. The van der Waals surface area contributed by atoms with Crippen molar-refractivity contribution in [3.63, 3.8) is 0 Å². The molecule has 2 aromatic rings. The fraction of sp³-hybridized carbons (Fsp3) is 0.419. The zero-order valence-electron chi connectivity index (χ0n) is 24.1. The van der Waals surface area contributed by atoms with Crippen molar-refractivity contribution in [3.8, 4) is 0 Å². The Bertz CT molecular complexity index is 1390. The lowest BCUT2D eigenvalue weighted by atomic mass is 10.0. The van der Waals surface area contributed by atoms with Gasteiger partial charge in [0.2, 0.25) is 17.7 Å². The van der Waals surface area contributed by atoms with Gasteiger partial charge >= 0.3 is 5.97 Å². The van der Waals surface area contributed by atoms with Crippen LogP contribution in [-0.2, 0) is 40.9 Å². The van der Waals surface area contributed by atoms with Gasteiger partial charge in [0.05, 0.1) is 18.2 Å². The van der Waals surface area contributed by atoms with Crippen LogP contribution in [0.4, 0.5) is 0 Å². The molecule has 0 aliphatic carbocycles. The van der Waals surface area contributed by atoms with E-state index in [1.54, 1.807) is 12.1 Å². The smallest absolute Gasteiger partial charge is 0.305 e. The van der Waals surface area contributed by atoms with Crippen LogP contribution >= 0.6 is 23.4 Å². The number of hydrogen-bond acceptors (Lipinski definition) is 7. The fourth-order valence-corrected chi connectivity index (χ4v) is 6.50. The number of Topliss-reactive ketones (excluding diaryl/α,β-unsaturated/α-hetero) is 1. The number of benzene rings is 2. The molecule has 2 aromatic carbocycles. The second-order valence-electron chi connectivity index (χ2n) is 10.7. The van der Waals surface area contributed by atoms with E-state index in [1.165, 1.54) is 16.8 Å². The average molecular weight is 643 g/mol. The third-order valence-corrected chi connectivity index (χ3v) is 8.90. The predicted octanol–water partition coefficient (Wildman–Crippen LogP) is 2.75. The molecule has 2 heterocycles. The molecular formula is C31H35ClN4O7S. The largest absolute Gasteiger partial charge is 0.481 e. The Morgan fingerprint density at radius 3 is 2.48 bits per heavy atom. The molecule has 3 N–H and O–H groups in total. The van der Waals surface area contributed by atoms with Crippen LogP contribution in [0.2, 0.25) is 5.02 Å². The Morgan fingerprint density at radius 1 is 1.02 bits per heavy atom. The van der Waals surface area contributed by atoms with Crippen LogP contribution in [0.15, 0.2) is 54.6 Å². The molecule has 0 bridgehead atoms. The summed E-state index contributed by atoms with van der Waals surface area (Å²) in [5.74, 6) is -3.46. The van der Waals surface area contributed by atoms with Gasteiger partial charge in [-0.15, -0.1) is 11.8 Å². The van der Waals surface area contributed by atoms with Crippen molar-refractivity contribution in [2.75, 3.05) is 12.3 Å². The molecule has 2 aliphatic rings. The van der Waals surface area contributed by atoms with Crippen molar-refractivity contribution >= 4 is 58.7 Å². The molecule has 4 rings (SSSR count). The minimum absolute atomic E-state index is 0.00297. The first-order valence-electron chi connectivity index (χ1n) is 14.5. The van der Waals surface area contributed by atoms with Crippen molar-refractivity contribution in [2.45, 2.75) is 68.8 Å². The zero-order chi connectivity index (χ0) is 31.6. The highest BCUT2D eigenvalue weighted by Crippen LogP contribution is 2.26. The number of halogens is 1. The molecule has 0 aromatic heterocycles. The van der Waals surface area contributed by atoms with Crippen LogP contribution < -0.4 is 10.6 Å². The van der Waals surface area contributed by atoms with Gasteiger partial charge in [0.25, 0.3) is 5.91 Å². The maximum atomic E-state index is 13.7. The molecule has 234 valence electrons. The Balaban J connectivity index is 1.42. The minimum Gasteiger partial charge on any atom is -0.481 e. The van der Waals surface area contributed by atoms with Crippen molar-refractivity contribution < 1.29 is 33.9 Å². The van der Waals surface area contributed by atoms with Gasteiger partial charge in [-0.25, -0.2) is 5.01 Å². The van der Waals surface area contributed by atoms with Gasteiger partial charge in [0.15, 0.2) is 5.78 Å². The van der Waals surface area contributed by atoms with Gasteiger partial charge < -0.3 is 15.7 Å². The van der Waals surface area contributed by atoms with E-state index in [2.05, 4.69) is 10.6 Å². The molecule has 0 spiro atoms. The molecule has 44 heavy (non-hydrogen) atoms. The summed E-state index contributed by atoms with van der Waals surface area (Å²) in [5, 5.41) is 17.6. The zero-order valence-corrected chi connectivity index (χ0v) is 25.6. The normalized spacial score (nSPS) is 19.0.